The van der Waals surface area contributed by atoms with Crippen molar-refractivity contribution in [2.24, 2.45) is 0 Å². The van der Waals surface area contributed by atoms with E-state index < -0.39 is 0 Å². The maximum absolute atomic E-state index is 9.05. The molecule has 0 saturated carbocycles. The number of nitrogens with zero attached hydrogens (tertiary/aromatic N) is 1. The highest BCUT2D eigenvalue weighted by molar-refractivity contribution is 5.31. The molecule has 0 aliphatic carbocycles. The normalized spacial score (nSPS) is 10.3. The molecule has 17 heavy (non-hydrogen) atoms. The quantitative estimate of drug-likeness (QED) is 0.879. The highest BCUT2D eigenvalue weighted by Gasteiger charge is 2.02. The fourth-order valence-corrected chi connectivity index (χ4v) is 1.52. The first-order valence-electron chi connectivity index (χ1n) is 5.51. The van der Waals surface area contributed by atoms with Crippen molar-refractivity contribution in [1.82, 2.24) is 4.98 Å². The van der Waals surface area contributed by atoms with Crippen LogP contribution < -0.4 is 4.74 Å². The first-order valence-corrected chi connectivity index (χ1v) is 5.51. The number of hydrogen-bond acceptors (Lipinski definition) is 3. The Kier molecular flexibility index (Phi) is 3.40. The third-order valence-corrected chi connectivity index (χ3v) is 2.58. The van der Waals surface area contributed by atoms with E-state index in [1.54, 1.807) is 6.07 Å². The lowest BCUT2D eigenvalue weighted by molar-refractivity contribution is 0.280. The minimum absolute atomic E-state index is 0.00362. The Hall–Kier alpha value is -1.87. The lowest BCUT2D eigenvalue weighted by Crippen LogP contribution is -1.95. The molecule has 1 aromatic carbocycles. The van der Waals surface area contributed by atoms with E-state index in [2.05, 4.69) is 4.98 Å². The second-order valence-corrected chi connectivity index (χ2v) is 3.97. The molecule has 0 unspecified atom stereocenters. The maximum atomic E-state index is 9.05. The molecule has 0 aliphatic heterocycles. The van der Waals surface area contributed by atoms with Crippen LogP contribution in [0.15, 0.2) is 36.4 Å². The van der Waals surface area contributed by atoms with Crippen LogP contribution in [0.4, 0.5) is 0 Å². The molecule has 3 nitrogen and oxygen atoms in total. The van der Waals surface area contributed by atoms with Crippen molar-refractivity contribution in [2.75, 3.05) is 0 Å². The molecule has 0 radical (unpaired) electrons. The fourth-order valence-electron chi connectivity index (χ4n) is 1.52. The average molecular weight is 229 g/mol. The number of benzene rings is 1. The second kappa shape index (κ2) is 4.97. The van der Waals surface area contributed by atoms with E-state index in [-0.39, 0.29) is 6.61 Å². The Morgan fingerprint density at radius 3 is 2.35 bits per heavy atom. The Balaban J connectivity index is 2.19. The molecule has 0 fully saturated rings. The number of rotatable bonds is 3. The third-order valence-electron chi connectivity index (χ3n) is 2.58. The first-order chi connectivity index (χ1) is 8.19. The number of aliphatic hydroxyl groups is 1. The number of aryl methyl sites for hydroxylation is 2. The number of pyridine rings is 1. The van der Waals surface area contributed by atoms with Crippen LogP contribution in [0.5, 0.6) is 11.6 Å². The van der Waals surface area contributed by atoms with Gasteiger partial charge in [0, 0.05) is 11.8 Å². The predicted molar refractivity (Wildman–Crippen MR) is 66.1 cm³/mol. The van der Waals surface area contributed by atoms with Crippen LogP contribution in [0.1, 0.15) is 16.8 Å². The van der Waals surface area contributed by atoms with Gasteiger partial charge in [-0.1, -0.05) is 17.7 Å². The van der Waals surface area contributed by atoms with Gasteiger partial charge in [-0.15, -0.1) is 0 Å². The molecule has 2 aromatic rings. The number of aliphatic hydroxyl groups excluding tert-OH is 1. The molecular weight excluding hydrogens is 214 g/mol. The number of hydrogen-bond donors (Lipinski definition) is 1. The first kappa shape index (κ1) is 11.6. The third kappa shape index (κ3) is 2.82. The van der Waals surface area contributed by atoms with Crippen molar-refractivity contribution in [3.05, 3.63) is 53.2 Å². The van der Waals surface area contributed by atoms with Crippen molar-refractivity contribution in [1.29, 1.82) is 0 Å². The van der Waals surface area contributed by atoms with Gasteiger partial charge in [0.2, 0.25) is 5.88 Å². The number of aromatic nitrogens is 1. The monoisotopic (exact) mass is 229 g/mol. The molecule has 0 spiro atoms. The topological polar surface area (TPSA) is 42.4 Å². The minimum atomic E-state index is 0.00362. The molecule has 0 bridgehead atoms. The summed E-state index contributed by atoms with van der Waals surface area (Å²) < 4.78 is 5.62. The zero-order chi connectivity index (χ0) is 12.3. The average Bonchev–Trinajstić information content (AvgIpc) is 2.32. The summed E-state index contributed by atoms with van der Waals surface area (Å²) in [5.74, 6) is 1.31. The molecule has 0 aliphatic rings. The maximum Gasteiger partial charge on any atom is 0.219 e. The van der Waals surface area contributed by atoms with Crippen LogP contribution >= 0.6 is 0 Å². The van der Waals surface area contributed by atoms with Gasteiger partial charge < -0.3 is 9.84 Å². The summed E-state index contributed by atoms with van der Waals surface area (Å²) in [6.45, 7) is 3.89. The Bertz CT molecular complexity index is 506. The molecule has 88 valence electrons. The van der Waals surface area contributed by atoms with Gasteiger partial charge in [0.25, 0.3) is 0 Å². The van der Waals surface area contributed by atoms with Crippen LogP contribution in [0.2, 0.25) is 0 Å². The van der Waals surface area contributed by atoms with Gasteiger partial charge in [-0.2, -0.15) is 0 Å². The molecule has 0 atom stereocenters. The van der Waals surface area contributed by atoms with Crippen molar-refractivity contribution in [3.63, 3.8) is 0 Å². The van der Waals surface area contributed by atoms with E-state index in [4.69, 9.17) is 9.84 Å². The molecule has 1 aromatic heterocycles. The van der Waals surface area contributed by atoms with Crippen molar-refractivity contribution < 1.29 is 9.84 Å². The van der Waals surface area contributed by atoms with Gasteiger partial charge in [0.15, 0.2) is 0 Å². The van der Waals surface area contributed by atoms with E-state index in [1.807, 2.05) is 44.2 Å². The van der Waals surface area contributed by atoms with E-state index in [0.29, 0.717) is 5.88 Å². The van der Waals surface area contributed by atoms with Crippen molar-refractivity contribution >= 4 is 0 Å². The summed E-state index contributed by atoms with van der Waals surface area (Å²) in [4.78, 5) is 4.28. The predicted octanol–water partition coefficient (Wildman–Crippen LogP) is 2.98. The number of ether oxygens (including phenoxy) is 1. The van der Waals surface area contributed by atoms with E-state index >= 15 is 0 Å². The lowest BCUT2D eigenvalue weighted by Gasteiger charge is -2.07. The molecule has 0 amide bonds. The van der Waals surface area contributed by atoms with Crippen LogP contribution in [-0.4, -0.2) is 10.1 Å². The van der Waals surface area contributed by atoms with Crippen molar-refractivity contribution in [2.45, 2.75) is 20.5 Å². The lowest BCUT2D eigenvalue weighted by atomic mass is 10.2. The molecule has 1 heterocycles. The summed E-state index contributed by atoms with van der Waals surface area (Å²) in [5, 5.41) is 9.05. The van der Waals surface area contributed by atoms with Gasteiger partial charge in [-0.05, 0) is 37.6 Å². The summed E-state index contributed by atoms with van der Waals surface area (Å²) >= 11 is 0. The summed E-state index contributed by atoms with van der Waals surface area (Å²) in [6, 6.07) is 11.4. The summed E-state index contributed by atoms with van der Waals surface area (Å²) in [5.41, 5.74) is 2.80. The zero-order valence-electron chi connectivity index (χ0n) is 9.97. The van der Waals surface area contributed by atoms with Gasteiger partial charge >= 0.3 is 0 Å². The molecular formula is C14H15NO2. The Morgan fingerprint density at radius 1 is 1.06 bits per heavy atom. The highest BCUT2D eigenvalue weighted by atomic mass is 16.5. The molecule has 2 rings (SSSR count). The van der Waals surface area contributed by atoms with E-state index in [0.717, 1.165) is 17.0 Å². The van der Waals surface area contributed by atoms with Gasteiger partial charge in [0.1, 0.15) is 5.75 Å². The molecule has 1 N–H and O–H groups in total. The van der Waals surface area contributed by atoms with Crippen LogP contribution in [0.25, 0.3) is 0 Å². The van der Waals surface area contributed by atoms with E-state index in [9.17, 15) is 0 Å². The SMILES string of the molecule is Cc1ccc(Oc2ccc(CO)c(C)n2)cc1. The second-order valence-electron chi connectivity index (χ2n) is 3.97. The molecule has 3 heteroatoms. The van der Waals surface area contributed by atoms with Gasteiger partial charge in [0.05, 0.1) is 6.61 Å². The van der Waals surface area contributed by atoms with E-state index in [1.165, 1.54) is 5.56 Å². The molecule has 0 saturated heterocycles. The van der Waals surface area contributed by atoms with Crippen LogP contribution in [-0.2, 0) is 6.61 Å². The Labute approximate surface area is 101 Å². The smallest absolute Gasteiger partial charge is 0.219 e. The summed E-state index contributed by atoms with van der Waals surface area (Å²) in [7, 11) is 0. The van der Waals surface area contributed by atoms with Gasteiger partial charge in [-0.3, -0.25) is 0 Å². The van der Waals surface area contributed by atoms with Crippen LogP contribution in [0, 0.1) is 13.8 Å². The van der Waals surface area contributed by atoms with Crippen LogP contribution in [0.3, 0.4) is 0 Å². The summed E-state index contributed by atoms with van der Waals surface area (Å²) in [6.07, 6.45) is 0. The largest absolute Gasteiger partial charge is 0.439 e. The Morgan fingerprint density at radius 2 is 1.76 bits per heavy atom. The zero-order valence-corrected chi connectivity index (χ0v) is 9.97. The van der Waals surface area contributed by atoms with Gasteiger partial charge in [-0.25, -0.2) is 4.98 Å². The minimum Gasteiger partial charge on any atom is -0.439 e. The highest BCUT2D eigenvalue weighted by Crippen LogP contribution is 2.21. The standard InChI is InChI=1S/C14H15NO2/c1-10-3-6-13(7-4-10)17-14-8-5-12(9-16)11(2)15-14/h3-8,16H,9H2,1-2H3. The van der Waals surface area contributed by atoms with Crippen molar-refractivity contribution in [3.8, 4) is 11.6 Å². The fraction of sp³-hybridized carbons (Fsp3) is 0.214.